The predicted octanol–water partition coefficient (Wildman–Crippen LogP) is 3.73. The van der Waals surface area contributed by atoms with Crippen molar-refractivity contribution in [3.8, 4) is 0 Å². The Balaban J connectivity index is 1.46. The lowest BCUT2D eigenvalue weighted by Gasteiger charge is -2.20. The van der Waals surface area contributed by atoms with Gasteiger partial charge in [0.05, 0.1) is 49.8 Å². The van der Waals surface area contributed by atoms with Gasteiger partial charge in [-0.1, -0.05) is 47.0 Å². The number of hydrogen-bond donors (Lipinski definition) is 4. The minimum absolute atomic E-state index is 0.521. The van der Waals surface area contributed by atoms with Gasteiger partial charge in [-0.15, -0.1) is 47.0 Å². The topological polar surface area (TPSA) is 80.9 Å². The molecule has 12 heteroatoms. The van der Waals surface area contributed by atoms with Gasteiger partial charge in [0.25, 0.3) is 0 Å². The van der Waals surface area contributed by atoms with Crippen molar-refractivity contribution in [2.45, 2.75) is 24.4 Å². The molecule has 0 unspecified atom stereocenters. The van der Waals surface area contributed by atoms with E-state index in [4.69, 9.17) is 0 Å². The Morgan fingerprint density at radius 3 is 0.885 bits per heavy atom. The van der Waals surface area contributed by atoms with Crippen LogP contribution < -0.4 is 0 Å². The van der Waals surface area contributed by atoms with E-state index in [1.807, 2.05) is 0 Å². The summed E-state index contributed by atoms with van der Waals surface area (Å²) in [4.78, 5) is 0. The molecule has 0 aliphatic carbocycles. The molecule has 0 aromatic rings. The van der Waals surface area contributed by atoms with Crippen LogP contribution >= 0.6 is 94.1 Å². The number of thioether (sulfide) groups is 8. The highest BCUT2D eigenvalue weighted by atomic mass is 32.3. The maximum absolute atomic E-state index is 9.92. The zero-order valence-electron chi connectivity index (χ0n) is 13.2. The molecule has 4 nitrogen and oxygen atoms in total. The van der Waals surface area contributed by atoms with Crippen molar-refractivity contribution >= 4 is 94.1 Å². The summed E-state index contributed by atoms with van der Waals surface area (Å²) < 4.78 is 7.40. The molecule has 4 N–H and O–H groups in total. The fourth-order valence-corrected chi connectivity index (χ4v) is 14.3. The van der Waals surface area contributed by atoms with E-state index < -0.39 is 24.4 Å². The zero-order chi connectivity index (χ0) is 18.3. The summed E-state index contributed by atoms with van der Waals surface area (Å²) in [6.45, 7) is 0. The molecule has 0 bridgehead atoms. The standard InChI is InChI=1S/C14H16O4S8/c15-5-1-19-9-10(20-2-6(5)16)24-13(23-9)14-25-11-12(26-14)22-4-8(18)7(17)3-21-11/h5-8,15-18H,1-4H2/t5-,6-,7-,8-/m0/s1. The lowest BCUT2D eigenvalue weighted by Crippen LogP contribution is -2.30. The minimum Gasteiger partial charge on any atom is -0.390 e. The second-order valence-corrected chi connectivity index (χ2v) is 15.4. The van der Waals surface area contributed by atoms with Crippen LogP contribution in [-0.4, -0.2) is 67.9 Å². The first-order valence-electron chi connectivity index (χ1n) is 7.69. The van der Waals surface area contributed by atoms with Crippen LogP contribution in [0.2, 0.25) is 0 Å². The van der Waals surface area contributed by atoms with Gasteiger partial charge >= 0.3 is 0 Å². The van der Waals surface area contributed by atoms with Crippen LogP contribution in [0.5, 0.6) is 0 Å². The lowest BCUT2D eigenvalue weighted by molar-refractivity contribution is 0.0501. The predicted molar refractivity (Wildman–Crippen MR) is 125 cm³/mol. The van der Waals surface area contributed by atoms with Crippen molar-refractivity contribution < 1.29 is 20.4 Å². The molecule has 0 saturated carbocycles. The smallest absolute Gasteiger partial charge is 0.0901 e. The van der Waals surface area contributed by atoms with E-state index in [-0.39, 0.29) is 0 Å². The highest BCUT2D eigenvalue weighted by Crippen LogP contribution is 2.66. The SMILES string of the molecule is O[C@H]1CSC2=C(SC[C@@H]1O)SC(=C1SC3=C(SC[C@H](O)[C@@H](O)CS3)S1)S2. The van der Waals surface area contributed by atoms with Crippen LogP contribution in [0.3, 0.4) is 0 Å². The first kappa shape index (κ1) is 21.1. The van der Waals surface area contributed by atoms with Crippen molar-refractivity contribution in [1.29, 1.82) is 0 Å². The third-order valence-electron chi connectivity index (χ3n) is 3.67. The summed E-state index contributed by atoms with van der Waals surface area (Å²) in [6.07, 6.45) is -2.70. The van der Waals surface area contributed by atoms with Gasteiger partial charge < -0.3 is 20.4 Å². The lowest BCUT2D eigenvalue weighted by atomic mass is 10.3. The van der Waals surface area contributed by atoms with E-state index in [9.17, 15) is 20.4 Å². The highest BCUT2D eigenvalue weighted by molar-refractivity contribution is 8.45. The minimum atomic E-state index is -0.675. The van der Waals surface area contributed by atoms with E-state index in [0.717, 1.165) is 0 Å². The van der Waals surface area contributed by atoms with Crippen LogP contribution in [0.4, 0.5) is 0 Å². The fourth-order valence-electron chi connectivity index (χ4n) is 2.15. The third-order valence-corrected chi connectivity index (χ3v) is 15.6. The third kappa shape index (κ3) is 4.77. The quantitative estimate of drug-likeness (QED) is 0.388. The first-order chi connectivity index (χ1) is 12.5. The van der Waals surface area contributed by atoms with E-state index in [1.165, 1.54) is 25.4 Å². The van der Waals surface area contributed by atoms with E-state index >= 15 is 0 Å². The number of aliphatic hydroxyl groups is 4. The number of hydrogen-bond acceptors (Lipinski definition) is 12. The summed E-state index contributed by atoms with van der Waals surface area (Å²) in [5, 5.41) is 39.7. The van der Waals surface area contributed by atoms with E-state index in [0.29, 0.717) is 23.0 Å². The van der Waals surface area contributed by atoms with Gasteiger partial charge in [-0.05, 0) is 0 Å². The van der Waals surface area contributed by atoms with E-state index in [2.05, 4.69) is 0 Å². The Morgan fingerprint density at radius 2 is 0.654 bits per heavy atom. The Morgan fingerprint density at radius 1 is 0.423 bits per heavy atom. The van der Waals surface area contributed by atoms with Gasteiger partial charge in [0.15, 0.2) is 0 Å². The van der Waals surface area contributed by atoms with Crippen molar-refractivity contribution in [2.24, 2.45) is 0 Å². The largest absolute Gasteiger partial charge is 0.390 e. The van der Waals surface area contributed by atoms with Gasteiger partial charge in [0.1, 0.15) is 0 Å². The summed E-state index contributed by atoms with van der Waals surface area (Å²) in [7, 11) is 0. The molecule has 0 saturated heterocycles. The van der Waals surface area contributed by atoms with Gasteiger partial charge in [-0.3, -0.25) is 0 Å². The van der Waals surface area contributed by atoms with Gasteiger partial charge in [-0.25, -0.2) is 0 Å². The molecule has 26 heavy (non-hydrogen) atoms. The highest BCUT2D eigenvalue weighted by Gasteiger charge is 2.34. The summed E-state index contributed by atoms with van der Waals surface area (Å²) >= 11 is 13.5. The monoisotopic (exact) mass is 504 g/mol. The van der Waals surface area contributed by atoms with Crippen molar-refractivity contribution in [2.75, 3.05) is 23.0 Å². The summed E-state index contributed by atoms with van der Waals surface area (Å²) in [6, 6.07) is 0. The Labute approximate surface area is 186 Å². The van der Waals surface area contributed by atoms with Crippen LogP contribution in [0.15, 0.2) is 25.4 Å². The molecular weight excluding hydrogens is 489 g/mol. The molecule has 4 rings (SSSR count). The van der Waals surface area contributed by atoms with Gasteiger partial charge in [-0.2, -0.15) is 0 Å². The molecule has 0 amide bonds. The molecule has 0 aromatic carbocycles. The van der Waals surface area contributed by atoms with Gasteiger partial charge in [0, 0.05) is 23.0 Å². The number of aliphatic hydroxyl groups excluding tert-OH is 4. The van der Waals surface area contributed by atoms with Gasteiger partial charge in [0.2, 0.25) is 0 Å². The van der Waals surface area contributed by atoms with Crippen molar-refractivity contribution in [1.82, 2.24) is 0 Å². The van der Waals surface area contributed by atoms with Crippen LogP contribution in [-0.2, 0) is 0 Å². The average molecular weight is 505 g/mol. The molecule has 0 radical (unpaired) electrons. The van der Waals surface area contributed by atoms with E-state index in [1.54, 1.807) is 94.1 Å². The molecule has 4 atom stereocenters. The molecule has 4 aliphatic rings. The zero-order valence-corrected chi connectivity index (χ0v) is 19.7. The Kier molecular flexibility index (Phi) is 7.58. The second-order valence-electron chi connectivity index (χ2n) is 5.65. The first-order valence-corrected chi connectivity index (χ1v) is 14.9. The maximum Gasteiger partial charge on any atom is 0.0901 e. The molecule has 0 fully saturated rings. The molecule has 4 aliphatic heterocycles. The Bertz CT molecular complexity index is 570. The van der Waals surface area contributed by atoms with Crippen LogP contribution in [0.1, 0.15) is 0 Å². The van der Waals surface area contributed by atoms with Crippen LogP contribution in [0, 0.1) is 0 Å². The summed E-state index contributed by atoms with van der Waals surface area (Å²) in [5.74, 6) is 2.08. The van der Waals surface area contributed by atoms with Crippen molar-refractivity contribution in [3.63, 3.8) is 0 Å². The molecule has 4 heterocycles. The molecular formula is C14H16O4S8. The number of rotatable bonds is 0. The maximum atomic E-state index is 9.92. The normalized spacial score (nSPS) is 36.5. The van der Waals surface area contributed by atoms with Crippen LogP contribution in [0.25, 0.3) is 0 Å². The molecule has 0 spiro atoms. The Hall–Kier alpha value is 1.86. The molecule has 144 valence electrons. The average Bonchev–Trinajstić information content (AvgIpc) is 3.21. The summed E-state index contributed by atoms with van der Waals surface area (Å²) in [5.41, 5.74) is 0. The fraction of sp³-hybridized carbons (Fsp3) is 0.571. The second kappa shape index (κ2) is 9.34. The van der Waals surface area contributed by atoms with Crippen molar-refractivity contribution in [3.05, 3.63) is 25.4 Å². The molecule has 0 aromatic heterocycles.